The summed E-state index contributed by atoms with van der Waals surface area (Å²) < 4.78 is 0. The molecule has 106 valence electrons. The van der Waals surface area contributed by atoms with Crippen LogP contribution in [-0.2, 0) is 4.79 Å². The Morgan fingerprint density at radius 3 is 2.53 bits per heavy atom. The van der Waals surface area contributed by atoms with Crippen LogP contribution < -0.4 is 16.4 Å². The molecule has 0 bridgehead atoms. The van der Waals surface area contributed by atoms with E-state index >= 15 is 0 Å². The molecule has 0 aliphatic heterocycles. The van der Waals surface area contributed by atoms with E-state index < -0.39 is 0 Å². The molecule has 1 aromatic rings. The molecule has 7 heteroatoms. The Hall–Kier alpha value is -2.05. The smallest absolute Gasteiger partial charge is 0.241 e. The zero-order valence-electron chi connectivity index (χ0n) is 11.7. The molecule has 7 nitrogen and oxygen atoms in total. The van der Waals surface area contributed by atoms with Crippen LogP contribution in [0.15, 0.2) is 6.07 Å². The van der Waals surface area contributed by atoms with E-state index in [4.69, 9.17) is 5.73 Å². The van der Waals surface area contributed by atoms with E-state index in [1.54, 1.807) is 18.0 Å². The van der Waals surface area contributed by atoms with E-state index in [2.05, 4.69) is 27.5 Å². The van der Waals surface area contributed by atoms with Crippen molar-refractivity contribution >= 4 is 23.5 Å². The Morgan fingerprint density at radius 1 is 1.32 bits per heavy atom. The third-order valence-corrected chi connectivity index (χ3v) is 2.62. The summed E-state index contributed by atoms with van der Waals surface area (Å²) in [6.07, 6.45) is 0.993. The van der Waals surface area contributed by atoms with Gasteiger partial charge in [0.05, 0.1) is 6.54 Å². The maximum atomic E-state index is 11.7. The monoisotopic (exact) mass is 266 g/mol. The second-order valence-corrected chi connectivity index (χ2v) is 4.18. The summed E-state index contributed by atoms with van der Waals surface area (Å²) in [4.78, 5) is 21.4. The molecular weight excluding hydrogens is 244 g/mol. The van der Waals surface area contributed by atoms with Gasteiger partial charge >= 0.3 is 0 Å². The molecule has 0 atom stereocenters. The van der Waals surface area contributed by atoms with Crippen molar-refractivity contribution in [3.8, 4) is 0 Å². The summed E-state index contributed by atoms with van der Waals surface area (Å²) in [7, 11) is 1.76. The van der Waals surface area contributed by atoms with Gasteiger partial charge in [-0.3, -0.25) is 4.79 Å². The Labute approximate surface area is 113 Å². The SMILES string of the molecule is CCCNc1cc(NCC(=O)N(C)CC)nc(N)n1. The van der Waals surface area contributed by atoms with Crippen molar-refractivity contribution in [2.24, 2.45) is 0 Å². The number of hydrogen-bond acceptors (Lipinski definition) is 6. The van der Waals surface area contributed by atoms with Gasteiger partial charge in [-0.05, 0) is 13.3 Å². The Balaban J connectivity index is 2.62. The fourth-order valence-corrected chi connectivity index (χ4v) is 1.38. The Morgan fingerprint density at radius 2 is 1.95 bits per heavy atom. The molecular formula is C12H22N6O. The number of nitrogen functional groups attached to an aromatic ring is 1. The summed E-state index contributed by atoms with van der Waals surface area (Å²) in [6, 6.07) is 1.74. The molecule has 0 unspecified atom stereocenters. The maximum Gasteiger partial charge on any atom is 0.241 e. The fourth-order valence-electron chi connectivity index (χ4n) is 1.38. The number of nitrogens with zero attached hydrogens (tertiary/aromatic N) is 3. The minimum absolute atomic E-state index is 0.00255. The van der Waals surface area contributed by atoms with E-state index in [9.17, 15) is 4.79 Å². The first-order valence-corrected chi connectivity index (χ1v) is 6.43. The first kappa shape index (κ1) is 15.0. The largest absolute Gasteiger partial charge is 0.370 e. The van der Waals surface area contributed by atoms with Crippen molar-refractivity contribution in [1.82, 2.24) is 14.9 Å². The fraction of sp³-hybridized carbons (Fsp3) is 0.583. The van der Waals surface area contributed by atoms with Crippen molar-refractivity contribution in [3.05, 3.63) is 6.07 Å². The predicted molar refractivity (Wildman–Crippen MR) is 77.0 cm³/mol. The van der Waals surface area contributed by atoms with Crippen LogP contribution in [0.25, 0.3) is 0 Å². The molecule has 1 heterocycles. The van der Waals surface area contributed by atoms with Gasteiger partial charge in [-0.2, -0.15) is 9.97 Å². The van der Waals surface area contributed by atoms with Crippen molar-refractivity contribution in [2.75, 3.05) is 43.0 Å². The maximum absolute atomic E-state index is 11.7. The minimum Gasteiger partial charge on any atom is -0.370 e. The number of likely N-dealkylation sites (N-methyl/N-ethyl adjacent to an activating group) is 1. The van der Waals surface area contributed by atoms with Crippen LogP contribution in [0.5, 0.6) is 0 Å². The molecule has 0 saturated heterocycles. The zero-order valence-corrected chi connectivity index (χ0v) is 11.7. The number of amides is 1. The zero-order chi connectivity index (χ0) is 14.3. The highest BCUT2D eigenvalue weighted by Gasteiger charge is 2.07. The molecule has 1 rings (SSSR count). The molecule has 1 aromatic heterocycles. The highest BCUT2D eigenvalue weighted by atomic mass is 16.2. The summed E-state index contributed by atoms with van der Waals surface area (Å²) in [5, 5.41) is 6.09. The van der Waals surface area contributed by atoms with Crippen LogP contribution in [0.1, 0.15) is 20.3 Å². The van der Waals surface area contributed by atoms with Gasteiger partial charge in [-0.1, -0.05) is 6.92 Å². The van der Waals surface area contributed by atoms with E-state index in [0.29, 0.717) is 18.2 Å². The molecule has 0 aliphatic rings. The van der Waals surface area contributed by atoms with E-state index in [-0.39, 0.29) is 18.4 Å². The molecule has 1 amide bonds. The first-order chi connectivity index (χ1) is 9.06. The quantitative estimate of drug-likeness (QED) is 0.674. The number of anilines is 3. The first-order valence-electron chi connectivity index (χ1n) is 6.43. The lowest BCUT2D eigenvalue weighted by Crippen LogP contribution is -2.32. The Kier molecular flexibility index (Phi) is 5.84. The van der Waals surface area contributed by atoms with Gasteiger partial charge in [-0.15, -0.1) is 0 Å². The number of hydrogen-bond donors (Lipinski definition) is 3. The number of carbonyl (C=O) groups excluding carboxylic acids is 1. The van der Waals surface area contributed by atoms with Crippen LogP contribution in [0.4, 0.5) is 17.6 Å². The third kappa shape index (κ3) is 4.99. The lowest BCUT2D eigenvalue weighted by Gasteiger charge is -2.15. The van der Waals surface area contributed by atoms with Crippen molar-refractivity contribution < 1.29 is 4.79 Å². The molecule has 0 fully saturated rings. The highest BCUT2D eigenvalue weighted by Crippen LogP contribution is 2.12. The summed E-state index contributed by atoms with van der Waals surface area (Å²) in [6.45, 7) is 5.67. The van der Waals surface area contributed by atoms with E-state index in [1.165, 1.54) is 0 Å². The van der Waals surface area contributed by atoms with Gasteiger partial charge in [0, 0.05) is 26.2 Å². The number of rotatable bonds is 7. The average Bonchev–Trinajstić information content (AvgIpc) is 2.41. The standard InChI is InChI=1S/C12H22N6O/c1-4-6-14-9-7-10(17-12(13)16-9)15-8-11(19)18(3)5-2/h7H,4-6,8H2,1-3H3,(H4,13,14,15,16,17). The van der Waals surface area contributed by atoms with Crippen LogP contribution >= 0.6 is 0 Å². The summed E-state index contributed by atoms with van der Waals surface area (Å²) >= 11 is 0. The topological polar surface area (TPSA) is 96.2 Å². The van der Waals surface area contributed by atoms with Crippen molar-refractivity contribution in [3.63, 3.8) is 0 Å². The molecule has 19 heavy (non-hydrogen) atoms. The Bertz CT molecular complexity index is 423. The normalized spacial score (nSPS) is 10.1. The molecule has 0 saturated carbocycles. The highest BCUT2D eigenvalue weighted by molar-refractivity contribution is 5.80. The summed E-state index contributed by atoms with van der Waals surface area (Å²) in [5.41, 5.74) is 5.63. The van der Waals surface area contributed by atoms with Crippen LogP contribution in [-0.4, -0.2) is 47.5 Å². The second-order valence-electron chi connectivity index (χ2n) is 4.18. The van der Waals surface area contributed by atoms with Gasteiger partial charge in [0.1, 0.15) is 11.6 Å². The number of nitrogens with two attached hydrogens (primary N) is 1. The third-order valence-electron chi connectivity index (χ3n) is 2.62. The van der Waals surface area contributed by atoms with Crippen molar-refractivity contribution in [2.45, 2.75) is 20.3 Å². The van der Waals surface area contributed by atoms with E-state index in [1.807, 2.05) is 6.92 Å². The van der Waals surface area contributed by atoms with Crippen molar-refractivity contribution in [1.29, 1.82) is 0 Å². The van der Waals surface area contributed by atoms with Crippen LogP contribution in [0.2, 0.25) is 0 Å². The molecule has 4 N–H and O–H groups in total. The summed E-state index contributed by atoms with van der Waals surface area (Å²) in [5.74, 6) is 1.39. The molecule has 0 aliphatic carbocycles. The number of aromatic nitrogens is 2. The van der Waals surface area contributed by atoms with Gasteiger partial charge in [0.25, 0.3) is 0 Å². The lowest BCUT2D eigenvalue weighted by atomic mass is 10.4. The number of nitrogens with one attached hydrogen (secondary N) is 2. The van der Waals surface area contributed by atoms with Crippen LogP contribution in [0.3, 0.4) is 0 Å². The minimum atomic E-state index is 0.00255. The van der Waals surface area contributed by atoms with Gasteiger partial charge in [0.15, 0.2) is 0 Å². The lowest BCUT2D eigenvalue weighted by molar-refractivity contribution is -0.127. The van der Waals surface area contributed by atoms with Crippen LogP contribution in [0, 0.1) is 0 Å². The molecule has 0 aromatic carbocycles. The number of carbonyl (C=O) groups is 1. The van der Waals surface area contributed by atoms with Gasteiger partial charge < -0.3 is 21.3 Å². The van der Waals surface area contributed by atoms with Gasteiger partial charge in [0.2, 0.25) is 11.9 Å². The van der Waals surface area contributed by atoms with E-state index in [0.717, 1.165) is 13.0 Å². The molecule has 0 spiro atoms. The second kappa shape index (κ2) is 7.40. The van der Waals surface area contributed by atoms with Gasteiger partial charge in [-0.25, -0.2) is 0 Å². The average molecular weight is 266 g/mol. The molecule has 0 radical (unpaired) electrons. The predicted octanol–water partition coefficient (Wildman–Crippen LogP) is 0.771.